The van der Waals surface area contributed by atoms with Crippen LogP contribution in [0.3, 0.4) is 0 Å². The molecular weight excluding hydrogens is 363 g/mol. The lowest BCUT2D eigenvalue weighted by Crippen LogP contribution is -2.30. The third-order valence-electron chi connectivity index (χ3n) is 4.32. The predicted molar refractivity (Wildman–Crippen MR) is 102 cm³/mol. The molecule has 0 spiro atoms. The largest absolute Gasteiger partial charge is 0.494 e. The summed E-state index contributed by atoms with van der Waals surface area (Å²) < 4.78 is 19.8. The van der Waals surface area contributed by atoms with Gasteiger partial charge in [-0.2, -0.15) is 5.43 Å². The zero-order chi connectivity index (χ0) is 19.8. The minimum Gasteiger partial charge on any atom is -0.494 e. The van der Waals surface area contributed by atoms with Gasteiger partial charge in [0.05, 0.1) is 18.5 Å². The van der Waals surface area contributed by atoms with Crippen LogP contribution < -0.4 is 20.5 Å². The van der Waals surface area contributed by atoms with Crippen LogP contribution in [0.1, 0.15) is 23.3 Å². The summed E-state index contributed by atoms with van der Waals surface area (Å²) in [6.07, 6.45) is 0.527. The maximum Gasteiger partial charge on any atom is 0.190 e. The number of anilines is 4. The molecule has 1 unspecified atom stereocenters. The van der Waals surface area contributed by atoms with Crippen LogP contribution in [0.25, 0.3) is 0 Å². The van der Waals surface area contributed by atoms with E-state index < -0.39 is 12.0 Å². The van der Waals surface area contributed by atoms with Gasteiger partial charge >= 0.3 is 0 Å². The van der Waals surface area contributed by atoms with Crippen molar-refractivity contribution >= 4 is 23.0 Å². The standard InChI is InChI=1S/C19H19FN6O2/c1-10-7-17(23-11(2)22-10)24-16-8-14-12(9-21-16)19(27)25-26(14)13-5-4-6-15(28-3)18(13)20/h4-9,19,25,27H,1-3H3,(H,21,22,23,24). The lowest BCUT2D eigenvalue weighted by Gasteiger charge is -2.21. The van der Waals surface area contributed by atoms with Crippen LogP contribution in [-0.2, 0) is 0 Å². The van der Waals surface area contributed by atoms with Gasteiger partial charge < -0.3 is 15.2 Å². The minimum atomic E-state index is -1.01. The van der Waals surface area contributed by atoms with Crippen LogP contribution >= 0.6 is 0 Å². The summed E-state index contributed by atoms with van der Waals surface area (Å²) in [5, 5.41) is 14.9. The van der Waals surface area contributed by atoms with Crippen LogP contribution in [0.2, 0.25) is 0 Å². The molecular formula is C19H19FN6O2. The number of hydrazine groups is 1. The molecule has 1 aliphatic heterocycles. The highest BCUT2D eigenvalue weighted by molar-refractivity contribution is 5.73. The fraction of sp³-hybridized carbons (Fsp3) is 0.211. The van der Waals surface area contributed by atoms with E-state index in [9.17, 15) is 9.50 Å². The van der Waals surface area contributed by atoms with E-state index in [4.69, 9.17) is 4.74 Å². The van der Waals surface area contributed by atoms with Gasteiger partial charge in [-0.3, -0.25) is 5.01 Å². The number of hydrogen-bond donors (Lipinski definition) is 3. The number of pyridine rings is 1. The van der Waals surface area contributed by atoms with Crippen molar-refractivity contribution in [1.29, 1.82) is 0 Å². The average Bonchev–Trinajstić information content (AvgIpc) is 2.97. The Hall–Kier alpha value is -3.30. The highest BCUT2D eigenvalue weighted by atomic mass is 19.1. The van der Waals surface area contributed by atoms with E-state index in [-0.39, 0.29) is 11.4 Å². The molecule has 4 rings (SSSR count). The molecule has 1 aromatic carbocycles. The van der Waals surface area contributed by atoms with Gasteiger partial charge in [0.25, 0.3) is 0 Å². The Bertz CT molecular complexity index is 1020. The van der Waals surface area contributed by atoms with Crippen molar-refractivity contribution in [3.63, 3.8) is 0 Å². The Labute approximate surface area is 161 Å². The summed E-state index contributed by atoms with van der Waals surface area (Å²) in [7, 11) is 1.40. The molecule has 2 aromatic heterocycles. The van der Waals surface area contributed by atoms with E-state index in [2.05, 4.69) is 25.7 Å². The van der Waals surface area contributed by atoms with Crippen molar-refractivity contribution in [1.82, 2.24) is 20.4 Å². The lowest BCUT2D eigenvalue weighted by atomic mass is 10.2. The Morgan fingerprint density at radius 2 is 2.00 bits per heavy atom. The van der Waals surface area contributed by atoms with Crippen molar-refractivity contribution in [2.45, 2.75) is 20.1 Å². The number of halogens is 1. The molecule has 3 N–H and O–H groups in total. The third kappa shape index (κ3) is 3.21. The highest BCUT2D eigenvalue weighted by Crippen LogP contribution is 2.40. The molecule has 0 fully saturated rings. The quantitative estimate of drug-likeness (QED) is 0.634. The fourth-order valence-corrected chi connectivity index (χ4v) is 3.13. The van der Waals surface area contributed by atoms with Gasteiger partial charge in [0.1, 0.15) is 17.5 Å². The smallest absolute Gasteiger partial charge is 0.190 e. The number of nitrogens with zero attached hydrogens (tertiary/aromatic N) is 4. The van der Waals surface area contributed by atoms with Crippen molar-refractivity contribution in [2.24, 2.45) is 0 Å². The molecule has 3 heterocycles. The second kappa shape index (κ2) is 7.02. The van der Waals surface area contributed by atoms with Crippen LogP contribution in [0.4, 0.5) is 27.4 Å². The molecule has 1 aliphatic rings. The second-order valence-corrected chi connectivity index (χ2v) is 6.36. The number of aliphatic hydroxyl groups is 1. The monoisotopic (exact) mass is 382 g/mol. The Kier molecular flexibility index (Phi) is 4.54. The van der Waals surface area contributed by atoms with Gasteiger partial charge in [-0.05, 0) is 26.0 Å². The van der Waals surface area contributed by atoms with Gasteiger partial charge in [-0.15, -0.1) is 0 Å². The Morgan fingerprint density at radius 3 is 2.75 bits per heavy atom. The minimum absolute atomic E-state index is 0.113. The van der Waals surface area contributed by atoms with Crippen molar-refractivity contribution in [3.8, 4) is 5.75 Å². The number of aryl methyl sites for hydroxylation is 2. The predicted octanol–water partition coefficient (Wildman–Crippen LogP) is 3.03. The first kappa shape index (κ1) is 18.1. The first-order chi connectivity index (χ1) is 13.5. The molecule has 0 saturated carbocycles. The number of ether oxygens (including phenoxy) is 1. The third-order valence-corrected chi connectivity index (χ3v) is 4.32. The number of nitrogens with one attached hydrogen (secondary N) is 2. The first-order valence-electron chi connectivity index (χ1n) is 8.62. The zero-order valence-electron chi connectivity index (χ0n) is 15.6. The Morgan fingerprint density at radius 1 is 1.18 bits per heavy atom. The Balaban J connectivity index is 1.72. The van der Waals surface area contributed by atoms with Crippen molar-refractivity contribution in [2.75, 3.05) is 17.4 Å². The van der Waals surface area contributed by atoms with E-state index in [0.717, 1.165) is 5.69 Å². The van der Waals surface area contributed by atoms with Gasteiger partial charge in [-0.25, -0.2) is 19.3 Å². The highest BCUT2D eigenvalue weighted by Gasteiger charge is 2.31. The number of aliphatic hydroxyl groups excluding tert-OH is 1. The molecule has 28 heavy (non-hydrogen) atoms. The topological polar surface area (TPSA) is 95.4 Å². The summed E-state index contributed by atoms with van der Waals surface area (Å²) in [5.74, 6) is 1.32. The maximum absolute atomic E-state index is 14.7. The second-order valence-electron chi connectivity index (χ2n) is 6.36. The number of rotatable bonds is 4. The van der Waals surface area contributed by atoms with E-state index in [1.807, 2.05) is 13.8 Å². The number of hydrogen-bond acceptors (Lipinski definition) is 8. The number of fused-ring (bicyclic) bond motifs is 1. The molecule has 3 aromatic rings. The molecule has 0 aliphatic carbocycles. The molecule has 1 atom stereocenters. The molecule has 144 valence electrons. The average molecular weight is 382 g/mol. The SMILES string of the molecule is COc1cccc(N2NC(O)c3cnc(Nc4cc(C)nc(C)n4)cc32)c1F. The normalized spacial score (nSPS) is 15.5. The van der Waals surface area contributed by atoms with Gasteiger partial charge in [0, 0.05) is 29.6 Å². The number of benzene rings is 1. The number of methoxy groups -OCH3 is 1. The van der Waals surface area contributed by atoms with Crippen LogP contribution in [0, 0.1) is 19.7 Å². The van der Waals surface area contributed by atoms with Crippen molar-refractivity contribution in [3.05, 3.63) is 59.4 Å². The summed E-state index contributed by atoms with van der Waals surface area (Å²) in [5.41, 5.74) is 4.99. The molecule has 9 heteroatoms. The van der Waals surface area contributed by atoms with Crippen molar-refractivity contribution < 1.29 is 14.2 Å². The van der Waals surface area contributed by atoms with Gasteiger partial charge in [-0.1, -0.05) is 6.07 Å². The van der Waals surface area contributed by atoms with E-state index >= 15 is 0 Å². The van der Waals surface area contributed by atoms with Crippen LogP contribution in [-0.4, -0.2) is 27.2 Å². The molecule has 0 amide bonds. The van der Waals surface area contributed by atoms with Crippen LogP contribution in [0.15, 0.2) is 36.5 Å². The van der Waals surface area contributed by atoms with E-state index in [1.54, 1.807) is 24.3 Å². The van der Waals surface area contributed by atoms with E-state index in [1.165, 1.54) is 24.4 Å². The molecule has 0 bridgehead atoms. The maximum atomic E-state index is 14.7. The molecule has 8 nitrogen and oxygen atoms in total. The summed E-state index contributed by atoms with van der Waals surface area (Å²) in [4.78, 5) is 12.9. The van der Waals surface area contributed by atoms with Gasteiger partial charge in [0.15, 0.2) is 17.8 Å². The summed E-state index contributed by atoms with van der Waals surface area (Å²) >= 11 is 0. The number of aromatic nitrogens is 3. The molecule has 0 radical (unpaired) electrons. The zero-order valence-corrected chi connectivity index (χ0v) is 15.6. The van der Waals surface area contributed by atoms with Gasteiger partial charge in [0.2, 0.25) is 0 Å². The lowest BCUT2D eigenvalue weighted by molar-refractivity contribution is 0.152. The first-order valence-corrected chi connectivity index (χ1v) is 8.62. The summed E-state index contributed by atoms with van der Waals surface area (Å²) in [6.45, 7) is 3.69. The fourth-order valence-electron chi connectivity index (χ4n) is 3.13. The van der Waals surface area contributed by atoms with Crippen LogP contribution in [0.5, 0.6) is 5.75 Å². The summed E-state index contributed by atoms with van der Waals surface area (Å²) in [6, 6.07) is 8.32. The molecule has 0 saturated heterocycles. The van der Waals surface area contributed by atoms with E-state index in [0.29, 0.717) is 28.7 Å².